The van der Waals surface area contributed by atoms with E-state index in [4.69, 9.17) is 24.7 Å². The van der Waals surface area contributed by atoms with Gasteiger partial charge in [0.05, 0.1) is 52.9 Å². The van der Waals surface area contributed by atoms with Gasteiger partial charge in [-0.15, -0.1) is 0 Å². The molecule has 1 amide bonds. The van der Waals surface area contributed by atoms with Gasteiger partial charge in [0.1, 0.15) is 0 Å². The van der Waals surface area contributed by atoms with Crippen LogP contribution in [0.5, 0.6) is 0 Å². The number of alkyl halides is 1. The number of primary amides is 1. The Hall–Kier alpha value is -0.470. The van der Waals surface area contributed by atoms with E-state index in [1.807, 2.05) is 0 Å². The van der Waals surface area contributed by atoms with Gasteiger partial charge in [0, 0.05) is 17.3 Å². The fraction of sp³-hybridized carbons (Fsp3) is 0.769. The number of halogens is 1. The highest BCUT2D eigenvalue weighted by Crippen LogP contribution is 1.96. The van der Waals surface area contributed by atoms with Crippen molar-refractivity contribution < 1.29 is 23.7 Å². The Bertz CT molecular complexity index is 263. The number of ether oxygens (including phenoxy) is 4. The highest BCUT2D eigenvalue weighted by Gasteiger charge is 2.00. The van der Waals surface area contributed by atoms with Gasteiger partial charge in [-0.05, 0) is 0 Å². The highest BCUT2D eigenvalue weighted by molar-refractivity contribution is 9.09. The molecule has 118 valence electrons. The number of carbonyl (C=O) groups is 1. The second-order valence-corrected chi connectivity index (χ2v) is 4.65. The van der Waals surface area contributed by atoms with E-state index in [9.17, 15) is 4.79 Å². The van der Waals surface area contributed by atoms with Crippen LogP contribution in [0.2, 0.25) is 0 Å². The van der Waals surface area contributed by atoms with Crippen LogP contribution >= 0.6 is 15.9 Å². The molecule has 0 fully saturated rings. The van der Waals surface area contributed by atoms with Crippen molar-refractivity contribution in [1.29, 1.82) is 0 Å². The normalized spacial score (nSPS) is 10.7. The number of nitrogens with two attached hydrogens (primary N) is 1. The largest absolute Gasteiger partial charge is 0.379 e. The molecule has 2 N–H and O–H groups in total. The Morgan fingerprint density at radius 3 is 1.65 bits per heavy atom. The summed E-state index contributed by atoms with van der Waals surface area (Å²) in [5, 5.41) is 0.836. The summed E-state index contributed by atoms with van der Waals surface area (Å²) in [4.78, 5) is 10.7. The van der Waals surface area contributed by atoms with Crippen LogP contribution in [0, 0.1) is 0 Å². The summed E-state index contributed by atoms with van der Waals surface area (Å²) in [6.45, 7) is 7.84. The maximum absolute atomic E-state index is 10.7. The smallest absolute Gasteiger partial charge is 0.244 e. The molecule has 0 aliphatic rings. The van der Waals surface area contributed by atoms with E-state index in [-0.39, 0.29) is 0 Å². The predicted molar refractivity (Wildman–Crippen MR) is 80.0 cm³/mol. The summed E-state index contributed by atoms with van der Waals surface area (Å²) < 4.78 is 21.1. The lowest BCUT2D eigenvalue weighted by molar-refractivity contribution is -0.114. The van der Waals surface area contributed by atoms with Crippen LogP contribution in [0.25, 0.3) is 0 Å². The van der Waals surface area contributed by atoms with Gasteiger partial charge < -0.3 is 24.7 Å². The molecule has 0 radical (unpaired) electrons. The van der Waals surface area contributed by atoms with Gasteiger partial charge in [-0.3, -0.25) is 4.79 Å². The molecule has 0 aliphatic carbocycles. The van der Waals surface area contributed by atoms with Crippen LogP contribution in [0.3, 0.4) is 0 Å². The lowest BCUT2D eigenvalue weighted by atomic mass is 10.2. The SMILES string of the molecule is C=C(CCOCCOCCOCCOCCBr)C(N)=O. The number of rotatable bonds is 15. The summed E-state index contributed by atoms with van der Waals surface area (Å²) >= 11 is 3.27. The Labute approximate surface area is 128 Å². The van der Waals surface area contributed by atoms with Crippen LogP contribution in [-0.2, 0) is 23.7 Å². The second-order valence-electron chi connectivity index (χ2n) is 3.86. The summed E-state index contributed by atoms with van der Waals surface area (Å²) in [5.41, 5.74) is 5.42. The van der Waals surface area contributed by atoms with E-state index in [1.165, 1.54) is 0 Å². The van der Waals surface area contributed by atoms with Crippen LogP contribution in [0.1, 0.15) is 6.42 Å². The van der Waals surface area contributed by atoms with Crippen LogP contribution < -0.4 is 5.73 Å². The van der Waals surface area contributed by atoms with Gasteiger partial charge in [0.15, 0.2) is 0 Å². The number of carbonyl (C=O) groups excluding carboxylic acids is 1. The van der Waals surface area contributed by atoms with Crippen molar-refractivity contribution in [3.63, 3.8) is 0 Å². The topological polar surface area (TPSA) is 80.0 Å². The monoisotopic (exact) mass is 353 g/mol. The molecular formula is C13H24BrNO5. The maximum atomic E-state index is 10.7. The van der Waals surface area contributed by atoms with E-state index in [0.29, 0.717) is 64.8 Å². The molecule has 0 aromatic carbocycles. The minimum Gasteiger partial charge on any atom is -0.379 e. The maximum Gasteiger partial charge on any atom is 0.244 e. The van der Waals surface area contributed by atoms with E-state index >= 15 is 0 Å². The molecule has 0 rings (SSSR count). The summed E-state index contributed by atoms with van der Waals surface area (Å²) in [6.07, 6.45) is 0.451. The molecule has 7 heteroatoms. The van der Waals surface area contributed by atoms with E-state index < -0.39 is 5.91 Å². The van der Waals surface area contributed by atoms with Crippen molar-refractivity contribution in [2.24, 2.45) is 5.73 Å². The van der Waals surface area contributed by atoms with Gasteiger partial charge in [-0.1, -0.05) is 22.5 Å². The average Bonchev–Trinajstić information content (AvgIpc) is 2.43. The molecule has 0 aromatic rings. The Morgan fingerprint density at radius 2 is 1.25 bits per heavy atom. The van der Waals surface area contributed by atoms with E-state index in [0.717, 1.165) is 5.33 Å². The third-order valence-corrected chi connectivity index (χ3v) is 2.56. The first-order valence-corrected chi connectivity index (χ1v) is 7.65. The summed E-state index contributed by atoms with van der Waals surface area (Å²) in [6, 6.07) is 0. The zero-order valence-corrected chi connectivity index (χ0v) is 13.4. The Balaban J connectivity index is 3.06. The van der Waals surface area contributed by atoms with Crippen molar-refractivity contribution in [3.8, 4) is 0 Å². The van der Waals surface area contributed by atoms with E-state index in [1.54, 1.807) is 0 Å². The lowest BCUT2D eigenvalue weighted by Gasteiger charge is -2.07. The van der Waals surface area contributed by atoms with Crippen molar-refractivity contribution in [2.45, 2.75) is 6.42 Å². The summed E-state index contributed by atoms with van der Waals surface area (Å²) in [5.74, 6) is -0.484. The fourth-order valence-corrected chi connectivity index (χ4v) is 1.36. The first-order valence-electron chi connectivity index (χ1n) is 6.53. The average molecular weight is 354 g/mol. The molecular weight excluding hydrogens is 330 g/mol. The standard InChI is InChI=1S/C13H24BrNO5/c1-12(13(15)16)2-4-17-6-8-19-10-11-20-9-7-18-5-3-14/h1-11H2,(H2,15,16). The van der Waals surface area contributed by atoms with Crippen molar-refractivity contribution in [2.75, 3.05) is 58.2 Å². The minimum atomic E-state index is -0.484. The first kappa shape index (κ1) is 19.5. The molecule has 0 aliphatic heterocycles. The van der Waals surface area contributed by atoms with Crippen molar-refractivity contribution >= 4 is 21.8 Å². The molecule has 0 unspecified atom stereocenters. The number of amides is 1. The zero-order chi connectivity index (χ0) is 15.1. The zero-order valence-electron chi connectivity index (χ0n) is 11.8. The van der Waals surface area contributed by atoms with Crippen LogP contribution in [-0.4, -0.2) is 64.1 Å². The molecule has 0 spiro atoms. The fourth-order valence-electron chi connectivity index (χ4n) is 1.13. The molecule has 0 saturated carbocycles. The van der Waals surface area contributed by atoms with Gasteiger partial charge in [-0.25, -0.2) is 0 Å². The Morgan fingerprint density at radius 1 is 0.850 bits per heavy atom. The first-order chi connectivity index (χ1) is 9.68. The van der Waals surface area contributed by atoms with Gasteiger partial charge >= 0.3 is 0 Å². The van der Waals surface area contributed by atoms with Crippen LogP contribution in [0.15, 0.2) is 12.2 Å². The predicted octanol–water partition coefficient (Wildman–Crippen LogP) is 0.879. The molecule has 20 heavy (non-hydrogen) atoms. The molecule has 0 bridgehead atoms. The van der Waals surface area contributed by atoms with Crippen molar-refractivity contribution in [1.82, 2.24) is 0 Å². The van der Waals surface area contributed by atoms with E-state index in [2.05, 4.69) is 22.5 Å². The van der Waals surface area contributed by atoms with Gasteiger partial charge in [-0.2, -0.15) is 0 Å². The second kappa shape index (κ2) is 14.9. The quantitative estimate of drug-likeness (QED) is 0.268. The summed E-state index contributed by atoms with van der Waals surface area (Å²) in [7, 11) is 0. The minimum absolute atomic E-state index is 0.376. The van der Waals surface area contributed by atoms with Crippen LogP contribution in [0.4, 0.5) is 0 Å². The third kappa shape index (κ3) is 14.0. The number of hydrogen-bond acceptors (Lipinski definition) is 5. The molecule has 0 heterocycles. The molecule has 0 saturated heterocycles. The van der Waals surface area contributed by atoms with Gasteiger partial charge in [0.25, 0.3) is 0 Å². The number of hydrogen-bond donors (Lipinski definition) is 1. The van der Waals surface area contributed by atoms with Gasteiger partial charge in [0.2, 0.25) is 5.91 Å². The third-order valence-electron chi connectivity index (χ3n) is 2.23. The van der Waals surface area contributed by atoms with Crippen molar-refractivity contribution in [3.05, 3.63) is 12.2 Å². The Kier molecular flexibility index (Phi) is 14.6. The molecule has 0 atom stereocenters. The lowest BCUT2D eigenvalue weighted by Crippen LogP contribution is -2.15. The molecule has 0 aromatic heterocycles. The molecule has 6 nitrogen and oxygen atoms in total. The highest BCUT2D eigenvalue weighted by atomic mass is 79.9.